The van der Waals surface area contributed by atoms with Crippen molar-refractivity contribution in [1.82, 2.24) is 0 Å². The Hall–Kier alpha value is 0.530. The van der Waals surface area contributed by atoms with Crippen LogP contribution in [0.5, 0.6) is 0 Å². The van der Waals surface area contributed by atoms with Gasteiger partial charge in [0.1, 0.15) is 18.3 Å². The van der Waals surface area contributed by atoms with E-state index in [4.69, 9.17) is 30.6 Å². The maximum atomic E-state index is 10.1. The maximum absolute atomic E-state index is 10.1. The zero-order chi connectivity index (χ0) is 10.6. The number of hydrogen-bond donors (Lipinski definition) is 6. The Morgan fingerprint density at radius 1 is 1.07 bits per heavy atom. The zero-order valence-electron chi connectivity index (χ0n) is 6.61. The average molecular weight is 238 g/mol. The van der Waals surface area contributed by atoms with E-state index in [2.05, 4.69) is 0 Å². The van der Waals surface area contributed by atoms with E-state index in [-0.39, 0.29) is 37.7 Å². The third kappa shape index (κ3) is 4.85. The van der Waals surface area contributed by atoms with Crippen LogP contribution in [0.3, 0.4) is 0 Å². The van der Waals surface area contributed by atoms with Gasteiger partial charge in [-0.15, -0.1) is 0 Å². The summed E-state index contributed by atoms with van der Waals surface area (Å²) in [6.07, 6.45) is -7.84. The number of carbonyl (C=O) groups is 1. The molecule has 6 N–H and O–H groups in total. The first-order chi connectivity index (χ1) is 5.91. The molecule has 0 heterocycles. The van der Waals surface area contributed by atoms with Gasteiger partial charge in [-0.25, -0.2) is 4.79 Å². The average Bonchev–Trinajstić information content (AvgIpc) is 2.12. The van der Waals surface area contributed by atoms with Crippen molar-refractivity contribution in [1.29, 1.82) is 0 Å². The van der Waals surface area contributed by atoms with Crippen LogP contribution in [0.15, 0.2) is 0 Å². The van der Waals surface area contributed by atoms with E-state index in [1.807, 2.05) is 0 Å². The van der Waals surface area contributed by atoms with E-state index in [0.717, 1.165) is 0 Å². The SMILES string of the molecule is O=C(O)C(O)C(O)C(O)C(O)CO.[CaH2]. The first kappa shape index (κ1) is 16.9. The number of aliphatic hydroxyl groups excluding tert-OH is 5. The standard InChI is InChI=1S/C6H12O7.Ca.2H/c7-1-2(8)3(9)4(10)5(11)6(12)13;;;/h2-5,7-11H,1H2,(H,12,13);;;. The Balaban J connectivity index is 0. The van der Waals surface area contributed by atoms with Gasteiger partial charge in [0.25, 0.3) is 0 Å². The van der Waals surface area contributed by atoms with Crippen molar-refractivity contribution in [2.75, 3.05) is 6.61 Å². The number of hydrogen-bond acceptors (Lipinski definition) is 6. The summed E-state index contributed by atoms with van der Waals surface area (Å²) in [6, 6.07) is 0. The van der Waals surface area contributed by atoms with Gasteiger partial charge in [-0.05, 0) is 0 Å². The van der Waals surface area contributed by atoms with Crippen molar-refractivity contribution < 1.29 is 35.4 Å². The number of carboxylic acids is 1. The molecule has 0 aromatic rings. The minimum atomic E-state index is -2.20. The van der Waals surface area contributed by atoms with Crippen LogP contribution in [0.2, 0.25) is 0 Å². The van der Waals surface area contributed by atoms with Gasteiger partial charge in [-0.2, -0.15) is 0 Å². The van der Waals surface area contributed by atoms with E-state index in [1.165, 1.54) is 0 Å². The summed E-state index contributed by atoms with van der Waals surface area (Å²) in [5.41, 5.74) is 0. The summed E-state index contributed by atoms with van der Waals surface area (Å²) >= 11 is 0. The molecule has 7 nitrogen and oxygen atoms in total. The van der Waals surface area contributed by atoms with Crippen molar-refractivity contribution in [2.45, 2.75) is 24.4 Å². The molecular formula is C6H14CaO7. The predicted octanol–water partition coefficient (Wildman–Crippen LogP) is -4.41. The monoisotopic (exact) mass is 238 g/mol. The molecule has 0 radical (unpaired) electrons. The van der Waals surface area contributed by atoms with Crippen LogP contribution < -0.4 is 0 Å². The molecule has 0 aliphatic carbocycles. The van der Waals surface area contributed by atoms with Gasteiger partial charge in [0.15, 0.2) is 6.10 Å². The first-order valence-corrected chi connectivity index (χ1v) is 3.47. The number of carboxylic acid groups (broad SMARTS) is 1. The second-order valence-corrected chi connectivity index (χ2v) is 2.51. The molecule has 0 fully saturated rings. The van der Waals surface area contributed by atoms with E-state index < -0.39 is 37.0 Å². The van der Waals surface area contributed by atoms with Crippen LogP contribution in [0.25, 0.3) is 0 Å². The third-order valence-electron chi connectivity index (χ3n) is 1.51. The van der Waals surface area contributed by atoms with Gasteiger partial charge in [0.2, 0.25) is 0 Å². The Bertz CT molecular complexity index is 176. The van der Waals surface area contributed by atoms with Crippen molar-refractivity contribution in [2.24, 2.45) is 0 Å². The molecule has 4 atom stereocenters. The molecule has 4 unspecified atom stereocenters. The molecule has 14 heavy (non-hydrogen) atoms. The minimum absolute atomic E-state index is 0. The van der Waals surface area contributed by atoms with E-state index >= 15 is 0 Å². The van der Waals surface area contributed by atoms with Gasteiger partial charge < -0.3 is 30.6 Å². The van der Waals surface area contributed by atoms with Crippen molar-refractivity contribution in [3.05, 3.63) is 0 Å². The second-order valence-electron chi connectivity index (χ2n) is 2.51. The van der Waals surface area contributed by atoms with E-state index in [1.54, 1.807) is 0 Å². The molecule has 0 saturated heterocycles. The van der Waals surface area contributed by atoms with Crippen molar-refractivity contribution >= 4 is 43.7 Å². The fourth-order valence-electron chi connectivity index (χ4n) is 0.668. The molecule has 82 valence electrons. The van der Waals surface area contributed by atoms with Gasteiger partial charge in [-0.3, -0.25) is 0 Å². The number of aliphatic carboxylic acids is 1. The summed E-state index contributed by atoms with van der Waals surface area (Å²) < 4.78 is 0. The first-order valence-electron chi connectivity index (χ1n) is 3.47. The molecule has 0 aliphatic rings. The molecule has 0 aromatic carbocycles. The van der Waals surface area contributed by atoms with Crippen LogP contribution in [-0.2, 0) is 4.79 Å². The van der Waals surface area contributed by atoms with Crippen LogP contribution in [0, 0.1) is 0 Å². The molecule has 0 aliphatic heterocycles. The molecule has 0 spiro atoms. The van der Waals surface area contributed by atoms with Crippen molar-refractivity contribution in [3.8, 4) is 0 Å². The molecule has 8 heteroatoms. The zero-order valence-corrected chi connectivity index (χ0v) is 6.61. The van der Waals surface area contributed by atoms with Gasteiger partial charge >= 0.3 is 43.7 Å². The topological polar surface area (TPSA) is 138 Å². The Kier molecular flexibility index (Phi) is 9.41. The van der Waals surface area contributed by atoms with Crippen LogP contribution in [-0.4, -0.2) is 105 Å². The predicted molar refractivity (Wildman–Crippen MR) is 47.3 cm³/mol. The second kappa shape index (κ2) is 7.77. The molecule has 0 bridgehead atoms. The molecule has 0 saturated carbocycles. The fraction of sp³-hybridized carbons (Fsp3) is 0.833. The van der Waals surface area contributed by atoms with Gasteiger partial charge in [-0.1, -0.05) is 0 Å². The van der Waals surface area contributed by atoms with Gasteiger partial charge in [0, 0.05) is 0 Å². The summed E-state index contributed by atoms with van der Waals surface area (Å²) in [7, 11) is 0. The number of aliphatic hydroxyl groups is 5. The fourth-order valence-corrected chi connectivity index (χ4v) is 0.668. The summed E-state index contributed by atoms with van der Waals surface area (Å²) in [6.45, 7) is -0.843. The molecule has 0 rings (SSSR count). The summed E-state index contributed by atoms with van der Waals surface area (Å²) in [4.78, 5) is 10.1. The van der Waals surface area contributed by atoms with E-state index in [9.17, 15) is 4.79 Å². The molecule has 0 amide bonds. The summed E-state index contributed by atoms with van der Waals surface area (Å²) in [5.74, 6) is -1.73. The van der Waals surface area contributed by atoms with Gasteiger partial charge in [0.05, 0.1) is 6.61 Å². The third-order valence-corrected chi connectivity index (χ3v) is 1.51. The Labute approximate surface area is 110 Å². The summed E-state index contributed by atoms with van der Waals surface area (Å²) in [5, 5.41) is 51.8. The quantitative estimate of drug-likeness (QED) is 0.266. The molecule has 0 aromatic heterocycles. The van der Waals surface area contributed by atoms with Crippen LogP contribution in [0.1, 0.15) is 0 Å². The van der Waals surface area contributed by atoms with Crippen molar-refractivity contribution in [3.63, 3.8) is 0 Å². The normalized spacial score (nSPS) is 18.9. The van der Waals surface area contributed by atoms with E-state index in [0.29, 0.717) is 0 Å². The number of rotatable bonds is 5. The molecular weight excluding hydrogens is 224 g/mol. The van der Waals surface area contributed by atoms with Crippen LogP contribution in [0.4, 0.5) is 0 Å². The Morgan fingerprint density at radius 2 is 1.50 bits per heavy atom. The Morgan fingerprint density at radius 3 is 1.79 bits per heavy atom. The van der Waals surface area contributed by atoms with Crippen LogP contribution >= 0.6 is 0 Å².